The van der Waals surface area contributed by atoms with Gasteiger partial charge < -0.3 is 9.64 Å². The summed E-state index contributed by atoms with van der Waals surface area (Å²) in [5.41, 5.74) is 3.36. The van der Waals surface area contributed by atoms with E-state index in [1.165, 1.54) is 0 Å². The van der Waals surface area contributed by atoms with Gasteiger partial charge >= 0.3 is 0 Å². The summed E-state index contributed by atoms with van der Waals surface area (Å²) in [4.78, 5) is 14.6. The summed E-state index contributed by atoms with van der Waals surface area (Å²) in [6.07, 6.45) is -0.0876. The number of morpholine rings is 1. The van der Waals surface area contributed by atoms with Crippen molar-refractivity contribution in [2.24, 2.45) is 0 Å². The smallest absolute Gasteiger partial charge is 0.272 e. The lowest BCUT2D eigenvalue weighted by atomic mass is 10.1. The zero-order valence-electron chi connectivity index (χ0n) is 13.8. The van der Waals surface area contributed by atoms with Gasteiger partial charge in [0, 0.05) is 12.1 Å². The lowest BCUT2D eigenvalue weighted by Crippen LogP contribution is -2.42. The van der Waals surface area contributed by atoms with Gasteiger partial charge in [0.25, 0.3) is 5.91 Å². The third-order valence-electron chi connectivity index (χ3n) is 4.40. The molecule has 1 aromatic heterocycles. The lowest BCUT2D eigenvalue weighted by Gasteiger charge is -2.32. The topological polar surface area (TPSA) is 58.2 Å². The molecular weight excluding hydrogens is 314 g/mol. The average molecular weight is 333 g/mol. The Labute approximate surface area is 146 Å². The number of nitrogens with zero attached hydrogens (tertiary/aromatic N) is 2. The predicted molar refractivity (Wildman–Crippen MR) is 95.1 cm³/mol. The van der Waals surface area contributed by atoms with Gasteiger partial charge in [0.1, 0.15) is 11.8 Å². The quantitative estimate of drug-likeness (QED) is 0.800. The van der Waals surface area contributed by atoms with Gasteiger partial charge in [0.2, 0.25) is 0 Å². The third kappa shape index (κ3) is 3.32. The van der Waals surface area contributed by atoms with Crippen LogP contribution in [0.15, 0.2) is 66.7 Å². The molecule has 1 aliphatic heterocycles. The number of H-pyrrole nitrogens is 1. The minimum absolute atomic E-state index is 0.0427. The first-order chi connectivity index (χ1) is 12.3. The molecule has 5 heteroatoms. The lowest BCUT2D eigenvalue weighted by molar-refractivity contribution is -0.0230. The molecule has 5 nitrogen and oxygen atoms in total. The molecular formula is C20H19N3O2. The standard InChI is InChI=1S/C20H19N3O2/c24-20(18-13-17(21-22-18)15-7-3-1-4-8-15)23-11-12-25-19(14-23)16-9-5-2-6-10-16/h1-10,13,19H,11-12,14H2,(H,21,22). The van der Waals surface area contributed by atoms with E-state index in [2.05, 4.69) is 10.2 Å². The fourth-order valence-electron chi connectivity index (χ4n) is 3.06. The van der Waals surface area contributed by atoms with E-state index in [1.807, 2.05) is 71.6 Å². The molecule has 3 aromatic rings. The number of nitrogens with one attached hydrogen (secondary N) is 1. The van der Waals surface area contributed by atoms with E-state index in [0.29, 0.717) is 25.4 Å². The van der Waals surface area contributed by atoms with Gasteiger partial charge in [0.15, 0.2) is 0 Å². The van der Waals surface area contributed by atoms with Crippen molar-refractivity contribution in [2.75, 3.05) is 19.7 Å². The summed E-state index contributed by atoms with van der Waals surface area (Å²) in [7, 11) is 0. The van der Waals surface area contributed by atoms with E-state index in [1.54, 1.807) is 0 Å². The average Bonchev–Trinajstić information content (AvgIpc) is 3.19. The van der Waals surface area contributed by atoms with Gasteiger partial charge in [-0.15, -0.1) is 0 Å². The summed E-state index contributed by atoms with van der Waals surface area (Å²) < 4.78 is 5.84. The fraction of sp³-hybridized carbons (Fsp3) is 0.200. The van der Waals surface area contributed by atoms with Crippen LogP contribution in [0.1, 0.15) is 22.2 Å². The van der Waals surface area contributed by atoms with Gasteiger partial charge in [0.05, 0.1) is 18.8 Å². The van der Waals surface area contributed by atoms with Crippen LogP contribution in [0.5, 0.6) is 0 Å². The Morgan fingerprint density at radius 2 is 1.80 bits per heavy atom. The normalized spacial score (nSPS) is 17.4. The largest absolute Gasteiger partial charge is 0.370 e. The third-order valence-corrected chi connectivity index (χ3v) is 4.40. The van der Waals surface area contributed by atoms with Crippen molar-refractivity contribution >= 4 is 5.91 Å². The molecule has 1 amide bonds. The first-order valence-corrected chi connectivity index (χ1v) is 8.38. The molecule has 1 N–H and O–H groups in total. The molecule has 25 heavy (non-hydrogen) atoms. The molecule has 1 aliphatic rings. The summed E-state index contributed by atoms with van der Waals surface area (Å²) in [6.45, 7) is 1.66. The van der Waals surface area contributed by atoms with Crippen molar-refractivity contribution in [2.45, 2.75) is 6.10 Å². The molecule has 2 heterocycles. The van der Waals surface area contributed by atoms with Crippen LogP contribution in [-0.4, -0.2) is 40.7 Å². The van der Waals surface area contributed by atoms with Crippen LogP contribution in [0.4, 0.5) is 0 Å². The van der Waals surface area contributed by atoms with Crippen LogP contribution in [0.25, 0.3) is 11.3 Å². The molecule has 0 spiro atoms. The maximum Gasteiger partial charge on any atom is 0.272 e. The predicted octanol–water partition coefficient (Wildman–Crippen LogP) is 3.29. The van der Waals surface area contributed by atoms with Crippen molar-refractivity contribution in [3.05, 3.63) is 78.0 Å². The van der Waals surface area contributed by atoms with Crippen LogP contribution < -0.4 is 0 Å². The number of carbonyl (C=O) groups is 1. The maximum atomic E-state index is 12.8. The van der Waals surface area contributed by atoms with Crippen LogP contribution in [0.2, 0.25) is 0 Å². The number of amides is 1. The Morgan fingerprint density at radius 1 is 1.08 bits per heavy atom. The molecule has 2 aromatic carbocycles. The van der Waals surface area contributed by atoms with Crippen molar-refractivity contribution in [3.8, 4) is 11.3 Å². The number of hydrogen-bond donors (Lipinski definition) is 1. The Hall–Kier alpha value is -2.92. The fourth-order valence-corrected chi connectivity index (χ4v) is 3.06. The number of benzene rings is 2. The first kappa shape index (κ1) is 15.6. The summed E-state index contributed by atoms with van der Waals surface area (Å²) in [6, 6.07) is 21.6. The zero-order valence-corrected chi connectivity index (χ0v) is 13.8. The molecule has 0 saturated carbocycles. The number of aromatic amines is 1. The Balaban J connectivity index is 1.50. The number of carbonyl (C=O) groups excluding carboxylic acids is 1. The van der Waals surface area contributed by atoms with Crippen molar-refractivity contribution < 1.29 is 9.53 Å². The second kappa shape index (κ2) is 6.91. The second-order valence-electron chi connectivity index (χ2n) is 6.05. The maximum absolute atomic E-state index is 12.8. The van der Waals surface area contributed by atoms with E-state index in [9.17, 15) is 4.79 Å². The van der Waals surface area contributed by atoms with Crippen molar-refractivity contribution in [1.82, 2.24) is 15.1 Å². The highest BCUT2D eigenvalue weighted by molar-refractivity contribution is 5.93. The van der Waals surface area contributed by atoms with Gasteiger partial charge in [-0.2, -0.15) is 5.10 Å². The van der Waals surface area contributed by atoms with Crippen molar-refractivity contribution in [1.29, 1.82) is 0 Å². The van der Waals surface area contributed by atoms with E-state index in [4.69, 9.17) is 4.74 Å². The molecule has 126 valence electrons. The van der Waals surface area contributed by atoms with Gasteiger partial charge in [-0.3, -0.25) is 9.89 Å². The van der Waals surface area contributed by atoms with E-state index in [-0.39, 0.29) is 12.0 Å². The minimum atomic E-state index is -0.0876. The SMILES string of the molecule is O=C(c1cc(-c2ccccc2)n[nH]1)N1CCOC(c2ccccc2)C1. The van der Waals surface area contributed by atoms with Crippen molar-refractivity contribution in [3.63, 3.8) is 0 Å². The van der Waals surface area contributed by atoms with Gasteiger partial charge in [-0.05, 0) is 11.6 Å². The van der Waals surface area contributed by atoms with Crippen LogP contribution >= 0.6 is 0 Å². The Morgan fingerprint density at radius 3 is 2.56 bits per heavy atom. The van der Waals surface area contributed by atoms with Gasteiger partial charge in [-0.1, -0.05) is 60.7 Å². The Kier molecular flexibility index (Phi) is 4.31. The highest BCUT2D eigenvalue weighted by Gasteiger charge is 2.27. The van der Waals surface area contributed by atoms with Crippen LogP contribution in [0.3, 0.4) is 0 Å². The molecule has 1 unspecified atom stereocenters. The van der Waals surface area contributed by atoms with Crippen LogP contribution in [-0.2, 0) is 4.74 Å². The Bertz CT molecular complexity index is 846. The highest BCUT2D eigenvalue weighted by atomic mass is 16.5. The highest BCUT2D eigenvalue weighted by Crippen LogP contribution is 2.24. The first-order valence-electron chi connectivity index (χ1n) is 8.38. The zero-order chi connectivity index (χ0) is 17.1. The number of ether oxygens (including phenoxy) is 1. The number of rotatable bonds is 3. The minimum Gasteiger partial charge on any atom is -0.370 e. The molecule has 1 fully saturated rings. The van der Waals surface area contributed by atoms with Crippen LogP contribution in [0, 0.1) is 0 Å². The summed E-state index contributed by atoms with van der Waals surface area (Å²) in [5.74, 6) is -0.0427. The monoisotopic (exact) mass is 333 g/mol. The summed E-state index contributed by atoms with van der Waals surface area (Å²) in [5, 5.41) is 7.15. The molecule has 1 atom stereocenters. The van der Waals surface area contributed by atoms with E-state index < -0.39 is 0 Å². The summed E-state index contributed by atoms with van der Waals surface area (Å²) >= 11 is 0. The number of aromatic nitrogens is 2. The van der Waals surface area contributed by atoms with E-state index in [0.717, 1.165) is 16.8 Å². The molecule has 0 aliphatic carbocycles. The van der Waals surface area contributed by atoms with Gasteiger partial charge in [-0.25, -0.2) is 0 Å². The molecule has 0 bridgehead atoms. The molecule has 0 radical (unpaired) electrons. The molecule has 4 rings (SSSR count). The van der Waals surface area contributed by atoms with E-state index >= 15 is 0 Å². The number of hydrogen-bond acceptors (Lipinski definition) is 3. The molecule has 1 saturated heterocycles. The second-order valence-corrected chi connectivity index (χ2v) is 6.05.